The van der Waals surface area contributed by atoms with Crippen LogP contribution in [0, 0.1) is 0 Å². The molecule has 21 heavy (non-hydrogen) atoms. The van der Waals surface area contributed by atoms with Gasteiger partial charge in [-0.2, -0.15) is 5.10 Å². The lowest BCUT2D eigenvalue weighted by atomic mass is 10.1. The first-order valence-electron chi connectivity index (χ1n) is 7.36. The van der Waals surface area contributed by atoms with Crippen LogP contribution in [0.25, 0.3) is 11.3 Å². The van der Waals surface area contributed by atoms with E-state index in [9.17, 15) is 4.79 Å². The van der Waals surface area contributed by atoms with Gasteiger partial charge >= 0.3 is 0 Å². The molecule has 1 fully saturated rings. The second kappa shape index (κ2) is 5.99. The van der Waals surface area contributed by atoms with Crippen molar-refractivity contribution < 1.29 is 9.53 Å². The minimum Gasteiger partial charge on any atom is -0.493 e. The Hall–Kier alpha value is -2.30. The maximum atomic E-state index is 12.3. The first-order valence-corrected chi connectivity index (χ1v) is 7.36. The lowest BCUT2D eigenvalue weighted by Gasteiger charge is -2.13. The van der Waals surface area contributed by atoms with Crippen molar-refractivity contribution in [3.63, 3.8) is 0 Å². The second-order valence-electron chi connectivity index (χ2n) is 5.10. The standard InChI is InChI=1S/C16H19N3O2/c1-2-21-15-8-4-3-7-12(15)13-11-14(18-17-13)16(20)19-9-5-6-10-19/h3-4,7-8,11H,2,5-6,9-10H2,1H3,(H,17,18). The molecule has 0 spiro atoms. The average molecular weight is 285 g/mol. The number of aromatic nitrogens is 2. The Morgan fingerprint density at radius 3 is 2.86 bits per heavy atom. The van der Waals surface area contributed by atoms with E-state index < -0.39 is 0 Å². The zero-order chi connectivity index (χ0) is 14.7. The third-order valence-electron chi connectivity index (χ3n) is 3.66. The van der Waals surface area contributed by atoms with Gasteiger partial charge in [0.2, 0.25) is 0 Å². The van der Waals surface area contributed by atoms with Crippen LogP contribution in [0.5, 0.6) is 5.75 Å². The quantitative estimate of drug-likeness (QED) is 0.939. The number of hydrogen-bond donors (Lipinski definition) is 1. The lowest BCUT2D eigenvalue weighted by Crippen LogP contribution is -2.27. The number of rotatable bonds is 4. The van der Waals surface area contributed by atoms with E-state index in [0.29, 0.717) is 12.3 Å². The van der Waals surface area contributed by atoms with E-state index in [2.05, 4.69) is 10.2 Å². The summed E-state index contributed by atoms with van der Waals surface area (Å²) in [5.74, 6) is 0.812. The topological polar surface area (TPSA) is 58.2 Å². The number of nitrogens with zero attached hydrogens (tertiary/aromatic N) is 2. The summed E-state index contributed by atoms with van der Waals surface area (Å²) >= 11 is 0. The Bertz CT molecular complexity index is 630. The highest BCUT2D eigenvalue weighted by atomic mass is 16.5. The van der Waals surface area contributed by atoms with Gasteiger partial charge in [0, 0.05) is 18.7 Å². The Morgan fingerprint density at radius 2 is 2.10 bits per heavy atom. The third-order valence-corrected chi connectivity index (χ3v) is 3.66. The zero-order valence-electron chi connectivity index (χ0n) is 12.1. The highest BCUT2D eigenvalue weighted by molar-refractivity contribution is 5.93. The fourth-order valence-electron chi connectivity index (χ4n) is 2.62. The molecule has 1 N–H and O–H groups in total. The summed E-state index contributed by atoms with van der Waals surface area (Å²) in [4.78, 5) is 14.2. The van der Waals surface area contributed by atoms with Gasteiger partial charge in [0.1, 0.15) is 11.4 Å². The van der Waals surface area contributed by atoms with Gasteiger partial charge < -0.3 is 9.64 Å². The molecule has 110 valence electrons. The van der Waals surface area contributed by atoms with E-state index in [4.69, 9.17) is 4.74 Å². The molecular formula is C16H19N3O2. The van der Waals surface area contributed by atoms with Gasteiger partial charge in [-0.3, -0.25) is 9.89 Å². The summed E-state index contributed by atoms with van der Waals surface area (Å²) < 4.78 is 5.61. The summed E-state index contributed by atoms with van der Waals surface area (Å²) in [6.45, 7) is 4.22. The molecule has 0 bridgehead atoms. The van der Waals surface area contributed by atoms with Crippen molar-refractivity contribution in [2.45, 2.75) is 19.8 Å². The molecule has 1 aromatic heterocycles. The number of aromatic amines is 1. The predicted molar refractivity (Wildman–Crippen MR) is 80.3 cm³/mol. The fraction of sp³-hybridized carbons (Fsp3) is 0.375. The van der Waals surface area contributed by atoms with Gasteiger partial charge in [-0.05, 0) is 38.0 Å². The first kappa shape index (κ1) is 13.7. The summed E-state index contributed by atoms with van der Waals surface area (Å²) in [6, 6.07) is 9.53. The summed E-state index contributed by atoms with van der Waals surface area (Å²) in [7, 11) is 0. The summed E-state index contributed by atoms with van der Waals surface area (Å²) in [5.41, 5.74) is 2.18. The van der Waals surface area contributed by atoms with Gasteiger partial charge in [0.05, 0.1) is 12.3 Å². The van der Waals surface area contributed by atoms with Crippen molar-refractivity contribution >= 4 is 5.91 Å². The highest BCUT2D eigenvalue weighted by Gasteiger charge is 2.21. The molecule has 2 aromatic rings. The molecule has 5 heteroatoms. The number of benzene rings is 1. The van der Waals surface area contributed by atoms with Gasteiger partial charge in [-0.25, -0.2) is 0 Å². The third kappa shape index (κ3) is 2.77. The highest BCUT2D eigenvalue weighted by Crippen LogP contribution is 2.29. The molecule has 3 rings (SSSR count). The van der Waals surface area contributed by atoms with Gasteiger partial charge in [-0.15, -0.1) is 0 Å². The average Bonchev–Trinajstić information content (AvgIpc) is 3.19. The van der Waals surface area contributed by atoms with Crippen molar-refractivity contribution in [3.8, 4) is 17.0 Å². The van der Waals surface area contributed by atoms with E-state index in [1.54, 1.807) is 6.07 Å². The van der Waals surface area contributed by atoms with E-state index >= 15 is 0 Å². The Morgan fingerprint density at radius 1 is 1.33 bits per heavy atom. The Balaban J connectivity index is 1.86. The minimum atomic E-state index is 0.0279. The van der Waals surface area contributed by atoms with Crippen LogP contribution < -0.4 is 4.74 Å². The summed E-state index contributed by atoms with van der Waals surface area (Å²) in [5, 5.41) is 7.12. The van der Waals surface area contributed by atoms with Crippen molar-refractivity contribution in [1.29, 1.82) is 0 Å². The predicted octanol–water partition coefficient (Wildman–Crippen LogP) is 2.71. The number of ether oxygens (including phenoxy) is 1. The molecule has 0 saturated carbocycles. The number of likely N-dealkylation sites (tertiary alicyclic amines) is 1. The molecule has 1 aromatic carbocycles. The lowest BCUT2D eigenvalue weighted by molar-refractivity contribution is 0.0787. The molecular weight excluding hydrogens is 266 g/mol. The summed E-state index contributed by atoms with van der Waals surface area (Å²) in [6.07, 6.45) is 2.17. The number of hydrogen-bond acceptors (Lipinski definition) is 3. The number of para-hydroxylation sites is 1. The van der Waals surface area contributed by atoms with Crippen LogP contribution in [-0.4, -0.2) is 40.7 Å². The van der Waals surface area contributed by atoms with Crippen molar-refractivity contribution in [2.75, 3.05) is 19.7 Å². The van der Waals surface area contributed by atoms with E-state index in [-0.39, 0.29) is 5.91 Å². The number of nitrogens with one attached hydrogen (secondary N) is 1. The normalized spacial score (nSPS) is 14.4. The van der Waals surface area contributed by atoms with Crippen molar-refractivity contribution in [3.05, 3.63) is 36.0 Å². The van der Waals surface area contributed by atoms with E-state index in [1.165, 1.54) is 0 Å². The molecule has 1 aliphatic heterocycles. The van der Waals surface area contributed by atoms with Crippen molar-refractivity contribution in [1.82, 2.24) is 15.1 Å². The molecule has 0 radical (unpaired) electrons. The number of H-pyrrole nitrogens is 1. The number of carbonyl (C=O) groups excluding carboxylic acids is 1. The Labute approximate surface area is 123 Å². The number of carbonyl (C=O) groups is 1. The molecule has 0 atom stereocenters. The first-order chi connectivity index (χ1) is 10.3. The molecule has 0 aliphatic carbocycles. The molecule has 1 amide bonds. The second-order valence-corrected chi connectivity index (χ2v) is 5.10. The van der Waals surface area contributed by atoms with Crippen LogP contribution in [0.4, 0.5) is 0 Å². The smallest absolute Gasteiger partial charge is 0.271 e. The van der Waals surface area contributed by atoms with Crippen molar-refractivity contribution in [2.24, 2.45) is 0 Å². The molecule has 1 saturated heterocycles. The van der Waals surface area contributed by atoms with E-state index in [1.807, 2.05) is 36.1 Å². The largest absolute Gasteiger partial charge is 0.493 e. The van der Waals surface area contributed by atoms with Gasteiger partial charge in [0.15, 0.2) is 0 Å². The molecule has 1 aliphatic rings. The minimum absolute atomic E-state index is 0.0279. The van der Waals surface area contributed by atoms with Crippen LogP contribution in [0.15, 0.2) is 30.3 Å². The van der Waals surface area contributed by atoms with Crippen LogP contribution in [0.3, 0.4) is 0 Å². The van der Waals surface area contributed by atoms with Gasteiger partial charge in [-0.1, -0.05) is 12.1 Å². The SMILES string of the molecule is CCOc1ccccc1-c1cc(C(=O)N2CCCC2)[nH]n1. The maximum absolute atomic E-state index is 12.3. The fourth-order valence-corrected chi connectivity index (χ4v) is 2.62. The van der Waals surface area contributed by atoms with E-state index in [0.717, 1.165) is 42.9 Å². The zero-order valence-corrected chi connectivity index (χ0v) is 12.1. The van der Waals surface area contributed by atoms with Gasteiger partial charge in [0.25, 0.3) is 5.91 Å². The van der Waals surface area contributed by atoms with Crippen LogP contribution in [0.2, 0.25) is 0 Å². The molecule has 5 nitrogen and oxygen atoms in total. The maximum Gasteiger partial charge on any atom is 0.271 e. The van der Waals surface area contributed by atoms with Crippen LogP contribution >= 0.6 is 0 Å². The number of amides is 1. The monoisotopic (exact) mass is 285 g/mol. The molecule has 0 unspecified atom stereocenters. The molecule has 2 heterocycles. The van der Waals surface area contributed by atoms with Crippen LogP contribution in [0.1, 0.15) is 30.3 Å². The Kier molecular flexibility index (Phi) is 3.90. The van der Waals surface area contributed by atoms with Crippen LogP contribution in [-0.2, 0) is 0 Å².